The topological polar surface area (TPSA) is 44.7 Å². The van der Waals surface area contributed by atoms with E-state index in [9.17, 15) is 9.50 Å². The minimum Gasteiger partial charge on any atom is -0.507 e. The lowest BCUT2D eigenvalue weighted by Crippen LogP contribution is -2.45. The third-order valence-corrected chi connectivity index (χ3v) is 3.34. The molecule has 0 aromatic heterocycles. The molecule has 1 atom stereocenters. The Balaban J connectivity index is 0.00000180. The SMILES string of the molecule is COc1ccc([C@H](CF)N2CCNCC2)c(O)c1.Cl. The fraction of sp³-hybridized carbons (Fsp3) is 0.538. The van der Waals surface area contributed by atoms with E-state index in [0.29, 0.717) is 11.3 Å². The van der Waals surface area contributed by atoms with Crippen molar-refractivity contribution >= 4 is 12.4 Å². The second-order valence-corrected chi connectivity index (χ2v) is 4.38. The van der Waals surface area contributed by atoms with Gasteiger partial charge in [0, 0.05) is 37.8 Å². The molecule has 1 aliphatic heterocycles. The summed E-state index contributed by atoms with van der Waals surface area (Å²) >= 11 is 0. The van der Waals surface area contributed by atoms with Crippen molar-refractivity contribution in [2.45, 2.75) is 6.04 Å². The van der Waals surface area contributed by atoms with Crippen LogP contribution in [-0.4, -0.2) is 50.0 Å². The van der Waals surface area contributed by atoms with Gasteiger partial charge in [-0.15, -0.1) is 12.4 Å². The van der Waals surface area contributed by atoms with Crippen molar-refractivity contribution in [3.63, 3.8) is 0 Å². The number of halogens is 2. The highest BCUT2D eigenvalue weighted by Gasteiger charge is 2.24. The van der Waals surface area contributed by atoms with E-state index in [1.165, 1.54) is 13.2 Å². The first-order valence-corrected chi connectivity index (χ1v) is 6.14. The smallest absolute Gasteiger partial charge is 0.124 e. The Morgan fingerprint density at radius 3 is 2.63 bits per heavy atom. The van der Waals surface area contributed by atoms with E-state index in [1.54, 1.807) is 12.1 Å². The number of piperazine rings is 1. The van der Waals surface area contributed by atoms with E-state index in [1.807, 2.05) is 0 Å². The molecule has 6 heteroatoms. The van der Waals surface area contributed by atoms with Gasteiger partial charge >= 0.3 is 0 Å². The standard InChI is InChI=1S/C13H19FN2O2.ClH/c1-18-10-2-3-11(13(17)8-10)12(9-14)16-6-4-15-5-7-16;/h2-3,8,12,15,17H,4-7,9H2,1H3;1H/t12-;/m0./s1. The molecule has 1 aromatic carbocycles. The number of nitrogens with zero attached hydrogens (tertiary/aromatic N) is 1. The Bertz CT molecular complexity index is 400. The van der Waals surface area contributed by atoms with Crippen LogP contribution in [0.2, 0.25) is 0 Å². The Morgan fingerprint density at radius 1 is 1.42 bits per heavy atom. The fourth-order valence-corrected chi connectivity index (χ4v) is 2.30. The number of nitrogens with one attached hydrogen (secondary N) is 1. The third-order valence-electron chi connectivity index (χ3n) is 3.34. The molecule has 4 nitrogen and oxygen atoms in total. The van der Waals surface area contributed by atoms with Crippen LogP contribution in [0.15, 0.2) is 18.2 Å². The van der Waals surface area contributed by atoms with Crippen LogP contribution in [0.3, 0.4) is 0 Å². The zero-order chi connectivity index (χ0) is 13.0. The molecule has 1 aliphatic rings. The summed E-state index contributed by atoms with van der Waals surface area (Å²) in [4.78, 5) is 2.05. The molecule has 0 unspecified atom stereocenters. The Labute approximate surface area is 119 Å². The molecule has 0 aliphatic carbocycles. The largest absolute Gasteiger partial charge is 0.507 e. The zero-order valence-corrected chi connectivity index (χ0v) is 11.8. The summed E-state index contributed by atoms with van der Waals surface area (Å²) in [6.07, 6.45) is 0. The van der Waals surface area contributed by atoms with E-state index in [-0.39, 0.29) is 24.2 Å². The maximum Gasteiger partial charge on any atom is 0.124 e. The van der Waals surface area contributed by atoms with Gasteiger partial charge in [-0.2, -0.15) is 0 Å². The lowest BCUT2D eigenvalue weighted by molar-refractivity contribution is 0.145. The molecular weight excluding hydrogens is 271 g/mol. The van der Waals surface area contributed by atoms with E-state index in [4.69, 9.17) is 4.74 Å². The molecule has 19 heavy (non-hydrogen) atoms. The fourth-order valence-electron chi connectivity index (χ4n) is 2.30. The van der Waals surface area contributed by atoms with Crippen molar-refractivity contribution in [3.8, 4) is 11.5 Å². The Hall–Kier alpha value is -1.04. The number of ether oxygens (including phenoxy) is 1. The molecule has 108 valence electrons. The third kappa shape index (κ3) is 3.72. The summed E-state index contributed by atoms with van der Waals surface area (Å²) in [6.45, 7) is 2.79. The predicted molar refractivity (Wildman–Crippen MR) is 75.1 cm³/mol. The molecule has 1 aromatic rings. The van der Waals surface area contributed by atoms with Crippen LogP contribution in [0.25, 0.3) is 0 Å². The monoisotopic (exact) mass is 290 g/mol. The Morgan fingerprint density at radius 2 is 2.11 bits per heavy atom. The molecular formula is C13H20ClFN2O2. The minimum absolute atomic E-state index is 0. The molecule has 0 bridgehead atoms. The van der Waals surface area contributed by atoms with Crippen LogP contribution in [0.1, 0.15) is 11.6 Å². The molecule has 1 fully saturated rings. The van der Waals surface area contributed by atoms with Crippen molar-refractivity contribution in [1.29, 1.82) is 0 Å². The number of rotatable bonds is 4. The van der Waals surface area contributed by atoms with Gasteiger partial charge in [0.25, 0.3) is 0 Å². The van der Waals surface area contributed by atoms with Crippen molar-refractivity contribution in [3.05, 3.63) is 23.8 Å². The lowest BCUT2D eigenvalue weighted by atomic mass is 10.0. The molecule has 2 N–H and O–H groups in total. The van der Waals surface area contributed by atoms with E-state index < -0.39 is 6.67 Å². The lowest BCUT2D eigenvalue weighted by Gasteiger charge is -2.33. The van der Waals surface area contributed by atoms with Crippen molar-refractivity contribution in [2.75, 3.05) is 40.0 Å². The van der Waals surface area contributed by atoms with Crippen molar-refractivity contribution in [1.82, 2.24) is 10.2 Å². The van der Waals surface area contributed by atoms with Crippen LogP contribution in [-0.2, 0) is 0 Å². The molecule has 2 rings (SSSR count). The molecule has 0 radical (unpaired) electrons. The van der Waals surface area contributed by atoms with Gasteiger partial charge in [-0.3, -0.25) is 4.90 Å². The van der Waals surface area contributed by atoms with Crippen LogP contribution in [0.5, 0.6) is 11.5 Å². The highest BCUT2D eigenvalue weighted by Crippen LogP contribution is 2.32. The number of hydrogen-bond acceptors (Lipinski definition) is 4. The van der Waals surface area contributed by atoms with E-state index in [2.05, 4.69) is 10.2 Å². The molecule has 1 saturated heterocycles. The molecule has 0 spiro atoms. The highest BCUT2D eigenvalue weighted by molar-refractivity contribution is 5.85. The number of phenols is 1. The first kappa shape index (κ1) is 16.0. The zero-order valence-electron chi connectivity index (χ0n) is 10.9. The van der Waals surface area contributed by atoms with Gasteiger partial charge in [0.2, 0.25) is 0 Å². The number of alkyl halides is 1. The Kier molecular flexibility index (Phi) is 6.34. The molecule has 0 saturated carbocycles. The maximum atomic E-state index is 13.3. The summed E-state index contributed by atoms with van der Waals surface area (Å²) in [6, 6.07) is 4.64. The maximum absolute atomic E-state index is 13.3. The second kappa shape index (κ2) is 7.53. The first-order valence-electron chi connectivity index (χ1n) is 6.14. The van der Waals surface area contributed by atoms with Crippen LogP contribution >= 0.6 is 12.4 Å². The average molecular weight is 291 g/mol. The average Bonchev–Trinajstić information content (AvgIpc) is 2.42. The number of aromatic hydroxyl groups is 1. The van der Waals surface area contributed by atoms with E-state index >= 15 is 0 Å². The minimum atomic E-state index is -0.500. The van der Waals surface area contributed by atoms with Crippen LogP contribution in [0.4, 0.5) is 4.39 Å². The van der Waals surface area contributed by atoms with Gasteiger partial charge in [-0.05, 0) is 12.1 Å². The quantitative estimate of drug-likeness (QED) is 0.887. The summed E-state index contributed by atoms with van der Waals surface area (Å²) in [7, 11) is 1.54. The summed E-state index contributed by atoms with van der Waals surface area (Å²) in [5.74, 6) is 0.671. The van der Waals surface area contributed by atoms with Crippen molar-refractivity contribution in [2.24, 2.45) is 0 Å². The number of benzene rings is 1. The van der Waals surface area contributed by atoms with Crippen LogP contribution in [0, 0.1) is 0 Å². The van der Waals surface area contributed by atoms with Gasteiger partial charge in [-0.1, -0.05) is 0 Å². The number of methoxy groups -OCH3 is 1. The van der Waals surface area contributed by atoms with Gasteiger partial charge in [0.15, 0.2) is 0 Å². The number of phenolic OH excluding ortho intramolecular Hbond substituents is 1. The van der Waals surface area contributed by atoms with E-state index in [0.717, 1.165) is 26.2 Å². The predicted octanol–water partition coefficient (Wildman–Crippen LogP) is 1.74. The first-order chi connectivity index (χ1) is 8.76. The number of hydrogen-bond donors (Lipinski definition) is 2. The van der Waals surface area contributed by atoms with Crippen molar-refractivity contribution < 1.29 is 14.2 Å². The summed E-state index contributed by atoms with van der Waals surface area (Å²) < 4.78 is 18.3. The molecule has 0 amide bonds. The normalized spacial score (nSPS) is 17.6. The van der Waals surface area contributed by atoms with Crippen LogP contribution < -0.4 is 10.1 Å². The highest BCUT2D eigenvalue weighted by atomic mass is 35.5. The molecule has 1 heterocycles. The summed E-state index contributed by atoms with van der Waals surface area (Å²) in [5, 5.41) is 13.2. The van der Waals surface area contributed by atoms with Gasteiger partial charge < -0.3 is 15.2 Å². The van der Waals surface area contributed by atoms with Gasteiger partial charge in [0.05, 0.1) is 13.2 Å². The van der Waals surface area contributed by atoms with Gasteiger partial charge in [0.1, 0.15) is 18.2 Å². The second-order valence-electron chi connectivity index (χ2n) is 4.38. The van der Waals surface area contributed by atoms with Gasteiger partial charge in [-0.25, -0.2) is 4.39 Å². The summed E-state index contributed by atoms with van der Waals surface area (Å²) in [5.41, 5.74) is 0.625.